The summed E-state index contributed by atoms with van der Waals surface area (Å²) in [5.41, 5.74) is 0. The molecule has 0 spiro atoms. The number of carbonyl (C=O) groups excluding carboxylic acids is 1. The van der Waals surface area contributed by atoms with Gasteiger partial charge in [0.1, 0.15) is 0 Å². The number of hydrogen-bond acceptors (Lipinski definition) is 3. The fourth-order valence-electron chi connectivity index (χ4n) is 1.11. The first-order valence-corrected chi connectivity index (χ1v) is 6.70. The van der Waals surface area contributed by atoms with Crippen LogP contribution >= 0.6 is 0 Å². The van der Waals surface area contributed by atoms with Crippen LogP contribution in [0.25, 0.3) is 0 Å². The van der Waals surface area contributed by atoms with E-state index in [1.807, 2.05) is 0 Å². The lowest BCUT2D eigenvalue weighted by Crippen LogP contribution is -2.43. The van der Waals surface area contributed by atoms with Crippen LogP contribution in [0.3, 0.4) is 0 Å². The van der Waals surface area contributed by atoms with Gasteiger partial charge in [0.05, 0.1) is 0 Å². The summed E-state index contributed by atoms with van der Waals surface area (Å²) in [7, 11) is -0.946. The van der Waals surface area contributed by atoms with Crippen LogP contribution in [0.15, 0.2) is 0 Å². The first kappa shape index (κ1) is 14.9. The molecule has 0 saturated heterocycles. The molecule has 0 fully saturated rings. The Morgan fingerprint density at radius 3 is 2.56 bits per heavy atom. The van der Waals surface area contributed by atoms with Crippen LogP contribution in [0.1, 0.15) is 19.8 Å². The number of urea groups is 1. The summed E-state index contributed by atoms with van der Waals surface area (Å²) in [4.78, 5) is 21.4. The Labute approximate surface area is 97.3 Å². The first-order chi connectivity index (χ1) is 7.41. The quantitative estimate of drug-likeness (QED) is 0.551. The molecule has 0 aromatic rings. The zero-order valence-corrected chi connectivity index (χ0v) is 10.3. The highest BCUT2D eigenvalue weighted by molar-refractivity contribution is 7.84. The fourth-order valence-corrected chi connectivity index (χ4v) is 1.90. The smallest absolute Gasteiger partial charge is 0.315 e. The van der Waals surface area contributed by atoms with Crippen molar-refractivity contribution >= 4 is 22.8 Å². The van der Waals surface area contributed by atoms with E-state index in [9.17, 15) is 13.8 Å². The number of aliphatic carboxylic acids is 1. The molecular formula is C9H18N2O4S. The molecular weight excluding hydrogens is 232 g/mol. The maximum Gasteiger partial charge on any atom is 0.315 e. The van der Waals surface area contributed by atoms with Crippen LogP contribution in [0.4, 0.5) is 4.79 Å². The Bertz CT molecular complexity index is 270. The minimum atomic E-state index is -0.946. The van der Waals surface area contributed by atoms with Gasteiger partial charge in [-0.1, -0.05) is 0 Å². The van der Waals surface area contributed by atoms with E-state index >= 15 is 0 Å². The Balaban J connectivity index is 3.58. The van der Waals surface area contributed by atoms with Crippen molar-refractivity contribution in [3.63, 3.8) is 0 Å². The van der Waals surface area contributed by atoms with Gasteiger partial charge in [0.2, 0.25) is 0 Å². The van der Waals surface area contributed by atoms with E-state index in [4.69, 9.17) is 5.11 Å². The normalized spacial score (nSPS) is 13.9. The van der Waals surface area contributed by atoms with Crippen molar-refractivity contribution < 1.29 is 18.9 Å². The van der Waals surface area contributed by atoms with Gasteiger partial charge in [-0.25, -0.2) is 4.79 Å². The second-order valence-electron chi connectivity index (χ2n) is 3.54. The predicted molar refractivity (Wildman–Crippen MR) is 61.8 cm³/mol. The highest BCUT2D eigenvalue weighted by atomic mass is 32.2. The van der Waals surface area contributed by atoms with Gasteiger partial charge in [0.25, 0.3) is 0 Å². The summed E-state index contributed by atoms with van der Waals surface area (Å²) >= 11 is 0. The van der Waals surface area contributed by atoms with Crippen molar-refractivity contribution in [1.29, 1.82) is 0 Å². The highest BCUT2D eigenvalue weighted by Gasteiger charge is 2.07. The van der Waals surface area contributed by atoms with Gasteiger partial charge >= 0.3 is 12.0 Å². The molecule has 0 aliphatic rings. The van der Waals surface area contributed by atoms with Gasteiger partial charge in [-0.15, -0.1) is 0 Å². The molecule has 2 atom stereocenters. The topological polar surface area (TPSA) is 95.5 Å². The molecule has 0 heterocycles. The number of hydrogen-bond donors (Lipinski definition) is 3. The Morgan fingerprint density at radius 1 is 1.44 bits per heavy atom. The van der Waals surface area contributed by atoms with Crippen LogP contribution < -0.4 is 10.6 Å². The van der Waals surface area contributed by atoms with Crippen LogP contribution in [-0.4, -0.2) is 45.9 Å². The molecule has 0 aromatic carbocycles. The number of amides is 2. The van der Waals surface area contributed by atoms with Crippen molar-refractivity contribution in [3.05, 3.63) is 0 Å². The monoisotopic (exact) mass is 250 g/mol. The molecule has 6 nitrogen and oxygen atoms in total. The third-order valence-corrected chi connectivity index (χ3v) is 2.68. The molecule has 0 rings (SSSR count). The van der Waals surface area contributed by atoms with Crippen molar-refractivity contribution in [2.75, 3.05) is 18.6 Å². The predicted octanol–water partition coefficient (Wildman–Crippen LogP) is -0.0826. The van der Waals surface area contributed by atoms with Crippen molar-refractivity contribution in [2.24, 2.45) is 0 Å². The SMILES string of the molecule is CC(CS(C)=O)NC(=O)NCCCC(=O)O. The van der Waals surface area contributed by atoms with Crippen molar-refractivity contribution in [3.8, 4) is 0 Å². The average Bonchev–Trinajstić information content (AvgIpc) is 2.10. The molecule has 0 saturated carbocycles. The summed E-state index contributed by atoms with van der Waals surface area (Å²) in [6, 6.07) is -0.520. The number of carboxylic acids is 1. The van der Waals surface area contributed by atoms with Gasteiger partial charge < -0.3 is 15.7 Å². The van der Waals surface area contributed by atoms with Crippen molar-refractivity contribution in [1.82, 2.24) is 10.6 Å². The zero-order chi connectivity index (χ0) is 12.6. The third-order valence-electron chi connectivity index (χ3n) is 1.72. The Hall–Kier alpha value is -1.11. The van der Waals surface area contributed by atoms with E-state index in [-0.39, 0.29) is 18.5 Å². The molecule has 0 bridgehead atoms. The minimum Gasteiger partial charge on any atom is -0.481 e. The van der Waals surface area contributed by atoms with Gasteiger partial charge in [0.15, 0.2) is 0 Å². The van der Waals surface area contributed by atoms with E-state index in [0.717, 1.165) is 0 Å². The summed E-state index contributed by atoms with van der Waals surface area (Å²) in [6.07, 6.45) is 2.01. The van der Waals surface area contributed by atoms with Gasteiger partial charge in [-0.3, -0.25) is 9.00 Å². The highest BCUT2D eigenvalue weighted by Crippen LogP contribution is 1.88. The van der Waals surface area contributed by atoms with Crippen LogP contribution in [0.5, 0.6) is 0 Å². The summed E-state index contributed by atoms with van der Waals surface area (Å²) in [5.74, 6) is -0.473. The van der Waals surface area contributed by atoms with Gasteiger partial charge in [0, 0.05) is 41.8 Å². The summed E-state index contributed by atoms with van der Waals surface area (Å²) < 4.78 is 10.8. The Kier molecular flexibility index (Phi) is 7.53. The maximum atomic E-state index is 11.2. The lowest BCUT2D eigenvalue weighted by Gasteiger charge is -2.12. The molecule has 0 aromatic heterocycles. The zero-order valence-electron chi connectivity index (χ0n) is 9.49. The van der Waals surface area contributed by atoms with E-state index in [1.165, 1.54) is 0 Å². The average molecular weight is 250 g/mol. The molecule has 7 heteroatoms. The molecule has 16 heavy (non-hydrogen) atoms. The summed E-state index contributed by atoms with van der Waals surface area (Å²) in [5, 5.41) is 13.5. The second kappa shape index (κ2) is 8.09. The molecule has 2 unspecified atom stereocenters. The second-order valence-corrected chi connectivity index (χ2v) is 5.02. The van der Waals surface area contributed by atoms with E-state index < -0.39 is 16.8 Å². The van der Waals surface area contributed by atoms with Gasteiger partial charge in [-0.2, -0.15) is 0 Å². The number of rotatable bonds is 7. The number of carbonyl (C=O) groups is 2. The Morgan fingerprint density at radius 2 is 2.06 bits per heavy atom. The standard InChI is InChI=1S/C9H18N2O4S/c1-7(6-16(2)15)11-9(14)10-5-3-4-8(12)13/h7H,3-6H2,1-2H3,(H,12,13)(H2,10,11,14). The number of carboxylic acid groups (broad SMARTS) is 1. The molecule has 0 aliphatic heterocycles. The maximum absolute atomic E-state index is 11.2. The minimum absolute atomic E-state index is 0.0365. The lowest BCUT2D eigenvalue weighted by atomic mass is 10.3. The van der Waals surface area contributed by atoms with Crippen LogP contribution in [-0.2, 0) is 15.6 Å². The molecule has 3 N–H and O–H groups in total. The summed E-state index contributed by atoms with van der Waals surface area (Å²) in [6.45, 7) is 2.08. The third kappa shape index (κ3) is 9.45. The first-order valence-electron chi connectivity index (χ1n) is 4.98. The molecule has 2 amide bonds. The molecule has 0 radical (unpaired) electrons. The van der Waals surface area contributed by atoms with Crippen LogP contribution in [0, 0.1) is 0 Å². The van der Waals surface area contributed by atoms with Crippen molar-refractivity contribution in [2.45, 2.75) is 25.8 Å². The lowest BCUT2D eigenvalue weighted by molar-refractivity contribution is -0.137. The van der Waals surface area contributed by atoms with Gasteiger partial charge in [-0.05, 0) is 13.3 Å². The fraction of sp³-hybridized carbons (Fsp3) is 0.778. The van der Waals surface area contributed by atoms with E-state index in [2.05, 4.69) is 10.6 Å². The molecule has 0 aliphatic carbocycles. The number of nitrogens with one attached hydrogen (secondary N) is 2. The molecule has 94 valence electrons. The van der Waals surface area contributed by atoms with E-state index in [1.54, 1.807) is 13.2 Å². The largest absolute Gasteiger partial charge is 0.481 e. The van der Waals surface area contributed by atoms with Crippen LogP contribution in [0.2, 0.25) is 0 Å². The van der Waals surface area contributed by atoms with E-state index in [0.29, 0.717) is 18.7 Å².